The molecule has 2 heteroatoms. The van der Waals surface area contributed by atoms with Crippen molar-refractivity contribution >= 4 is 17.7 Å². The average molecular weight is 130 g/mol. The molecule has 8 heavy (non-hydrogen) atoms. The lowest BCUT2D eigenvalue weighted by atomic mass is 9.97. The zero-order valence-electron chi connectivity index (χ0n) is 5.62. The molecule has 0 aliphatic carbocycles. The molecule has 47 valence electrons. The average Bonchev–Trinajstić information content (AvgIpc) is 1.59. The minimum absolute atomic E-state index is 0.311. The highest BCUT2D eigenvalue weighted by Crippen LogP contribution is 2.09. The molecule has 0 aromatic heterocycles. The van der Waals surface area contributed by atoms with Gasteiger partial charge in [0.05, 0.1) is 0 Å². The second-order valence-electron chi connectivity index (χ2n) is 3.02. The molecule has 0 saturated heterocycles. The van der Waals surface area contributed by atoms with Crippen molar-refractivity contribution in [1.29, 1.82) is 0 Å². The molecule has 0 atom stereocenters. The molecule has 0 bridgehead atoms. The third kappa shape index (κ3) is 5.89. The molecule has 0 aliphatic heterocycles. The molecule has 0 aliphatic rings. The van der Waals surface area contributed by atoms with Crippen LogP contribution >= 0.6 is 12.2 Å². The molecule has 1 nitrogen and oxygen atoms in total. The van der Waals surface area contributed by atoms with Gasteiger partial charge in [0.25, 0.3) is 0 Å². The lowest BCUT2D eigenvalue weighted by molar-refractivity contribution is 0.411. The van der Waals surface area contributed by atoms with E-state index in [1.807, 2.05) is 0 Å². The monoisotopic (exact) mass is 130 g/mol. The Morgan fingerprint density at radius 2 is 2.00 bits per heavy atom. The Morgan fingerprint density at radius 1 is 1.50 bits per heavy atom. The summed E-state index contributed by atoms with van der Waals surface area (Å²) in [5.74, 6) is 0. The molecule has 0 fully saturated rings. The van der Waals surface area contributed by atoms with Crippen LogP contribution in [0.25, 0.3) is 0 Å². The molecule has 0 unspecified atom stereocenters. The van der Waals surface area contributed by atoms with Crippen molar-refractivity contribution < 1.29 is 0 Å². The number of nitrogens with one attached hydrogen (secondary N) is 1. The molecular weight excluding hydrogens is 118 g/mol. The Bertz CT molecular complexity index is 73.1. The number of hydrogen-bond acceptors (Lipinski definition) is 1. The molecule has 1 N–H and O–H groups in total. The summed E-state index contributed by atoms with van der Waals surface area (Å²) >= 11 is 4.46. The topological polar surface area (TPSA) is 12.0 Å². The lowest BCUT2D eigenvalue weighted by Crippen LogP contribution is -2.24. The maximum absolute atomic E-state index is 4.46. The van der Waals surface area contributed by atoms with Crippen molar-refractivity contribution in [2.24, 2.45) is 5.41 Å². The van der Waals surface area contributed by atoms with Crippen LogP contribution in [0, 0.1) is 5.41 Å². The predicted molar refractivity (Wildman–Crippen MR) is 40.1 cm³/mol. The van der Waals surface area contributed by atoms with Crippen LogP contribution in [0.5, 0.6) is 0 Å². The van der Waals surface area contributed by atoms with Crippen LogP contribution in [0.3, 0.4) is 0 Å². The standard InChI is InChI=1S/C6H12NS/c1-6(2,3)4-7-5-8/h4H2,1-3H3,(H,7,8). The van der Waals surface area contributed by atoms with Crippen LogP contribution in [0.2, 0.25) is 0 Å². The molecule has 0 rings (SSSR count). The van der Waals surface area contributed by atoms with Crippen LogP contribution in [0.15, 0.2) is 0 Å². The van der Waals surface area contributed by atoms with E-state index in [1.165, 1.54) is 0 Å². The van der Waals surface area contributed by atoms with Gasteiger partial charge in [0.2, 0.25) is 0 Å². The minimum Gasteiger partial charge on any atom is -0.373 e. The number of hydrogen-bond donors (Lipinski definition) is 1. The van der Waals surface area contributed by atoms with Crippen LogP contribution in [0.1, 0.15) is 20.8 Å². The first kappa shape index (κ1) is 7.89. The van der Waals surface area contributed by atoms with Crippen LogP contribution in [-0.2, 0) is 0 Å². The van der Waals surface area contributed by atoms with E-state index in [9.17, 15) is 0 Å². The van der Waals surface area contributed by atoms with E-state index < -0.39 is 0 Å². The van der Waals surface area contributed by atoms with Gasteiger partial charge in [-0.15, -0.1) is 0 Å². The fraction of sp³-hybridized carbons (Fsp3) is 0.833. The second-order valence-corrected chi connectivity index (χ2v) is 3.22. The summed E-state index contributed by atoms with van der Waals surface area (Å²) in [7, 11) is 0. The Labute approximate surface area is 56.5 Å². The zero-order valence-corrected chi connectivity index (χ0v) is 6.43. The summed E-state index contributed by atoms with van der Waals surface area (Å²) in [4.78, 5) is 0. The van der Waals surface area contributed by atoms with Gasteiger partial charge in [0.15, 0.2) is 0 Å². The SMILES string of the molecule is CC(C)(C)CN[C]=S. The minimum atomic E-state index is 0.311. The van der Waals surface area contributed by atoms with Gasteiger partial charge in [-0.2, -0.15) is 0 Å². The first-order valence-electron chi connectivity index (χ1n) is 2.66. The van der Waals surface area contributed by atoms with Gasteiger partial charge in [-0.3, -0.25) is 0 Å². The van der Waals surface area contributed by atoms with E-state index in [4.69, 9.17) is 0 Å². The van der Waals surface area contributed by atoms with Crippen molar-refractivity contribution in [1.82, 2.24) is 5.32 Å². The van der Waals surface area contributed by atoms with Crippen LogP contribution in [0.4, 0.5) is 0 Å². The Kier molecular flexibility index (Phi) is 2.98. The van der Waals surface area contributed by atoms with Crippen molar-refractivity contribution in [3.8, 4) is 0 Å². The summed E-state index contributed by atoms with van der Waals surface area (Å²) in [5.41, 5.74) is 2.77. The van der Waals surface area contributed by atoms with Crippen LogP contribution in [-0.4, -0.2) is 12.0 Å². The maximum Gasteiger partial charge on any atom is 0.134 e. The van der Waals surface area contributed by atoms with Crippen molar-refractivity contribution in [2.45, 2.75) is 20.8 Å². The highest BCUT2D eigenvalue weighted by atomic mass is 32.1. The predicted octanol–water partition coefficient (Wildman–Crippen LogP) is 1.46. The van der Waals surface area contributed by atoms with E-state index in [0.717, 1.165) is 6.54 Å². The van der Waals surface area contributed by atoms with Crippen molar-refractivity contribution in [3.63, 3.8) is 0 Å². The highest BCUT2D eigenvalue weighted by molar-refractivity contribution is 7.78. The van der Waals surface area contributed by atoms with Crippen molar-refractivity contribution in [2.75, 3.05) is 6.54 Å². The number of rotatable bonds is 2. The Balaban J connectivity index is 3.24. The second kappa shape index (κ2) is 3.02. The summed E-state index contributed by atoms with van der Waals surface area (Å²) < 4.78 is 0. The largest absolute Gasteiger partial charge is 0.373 e. The molecule has 0 amide bonds. The highest BCUT2D eigenvalue weighted by Gasteiger charge is 2.06. The van der Waals surface area contributed by atoms with Gasteiger partial charge in [-0.25, -0.2) is 0 Å². The Morgan fingerprint density at radius 3 is 2.12 bits per heavy atom. The first-order chi connectivity index (χ1) is 3.56. The van der Waals surface area contributed by atoms with Gasteiger partial charge < -0.3 is 5.32 Å². The smallest absolute Gasteiger partial charge is 0.134 e. The fourth-order valence-corrected chi connectivity index (χ4v) is 0.373. The van der Waals surface area contributed by atoms with E-state index in [0.29, 0.717) is 5.41 Å². The van der Waals surface area contributed by atoms with Crippen LogP contribution < -0.4 is 5.32 Å². The molecule has 0 aromatic rings. The molecular formula is C6H12NS. The summed E-state index contributed by atoms with van der Waals surface area (Å²) in [5, 5.41) is 2.85. The van der Waals surface area contributed by atoms with Gasteiger partial charge in [-0.05, 0) is 5.41 Å². The lowest BCUT2D eigenvalue weighted by Gasteiger charge is -2.16. The maximum atomic E-state index is 4.46. The fourth-order valence-electron chi connectivity index (χ4n) is 0.301. The van der Waals surface area contributed by atoms with Gasteiger partial charge >= 0.3 is 0 Å². The van der Waals surface area contributed by atoms with E-state index in [2.05, 4.69) is 43.8 Å². The normalized spacial score (nSPS) is 10.9. The summed E-state index contributed by atoms with van der Waals surface area (Å²) in [6.45, 7) is 7.34. The molecule has 1 radical (unpaired) electrons. The van der Waals surface area contributed by atoms with Gasteiger partial charge in [0, 0.05) is 6.54 Å². The zero-order chi connectivity index (χ0) is 6.62. The first-order valence-corrected chi connectivity index (χ1v) is 3.07. The van der Waals surface area contributed by atoms with Gasteiger partial charge in [-0.1, -0.05) is 33.0 Å². The number of thiocarbonyl (C=S) groups is 1. The molecule has 0 aromatic carbocycles. The summed E-state index contributed by atoms with van der Waals surface area (Å²) in [6, 6.07) is 0. The third-order valence-electron chi connectivity index (χ3n) is 0.691. The van der Waals surface area contributed by atoms with Gasteiger partial charge in [0.1, 0.15) is 5.49 Å². The third-order valence-corrected chi connectivity index (χ3v) is 0.835. The van der Waals surface area contributed by atoms with Crippen molar-refractivity contribution in [3.05, 3.63) is 0 Å². The molecule has 0 heterocycles. The quantitative estimate of drug-likeness (QED) is 0.448. The Hall–Kier alpha value is -0.110. The van der Waals surface area contributed by atoms with E-state index in [1.54, 1.807) is 0 Å². The van der Waals surface area contributed by atoms with E-state index in [-0.39, 0.29) is 0 Å². The van der Waals surface area contributed by atoms with E-state index >= 15 is 0 Å². The molecule has 0 spiro atoms. The summed E-state index contributed by atoms with van der Waals surface area (Å²) in [6.07, 6.45) is 0. The molecule has 0 saturated carbocycles.